The summed E-state index contributed by atoms with van der Waals surface area (Å²) in [7, 11) is 0. The summed E-state index contributed by atoms with van der Waals surface area (Å²) < 4.78 is 19.2. The fourth-order valence-electron chi connectivity index (χ4n) is 2.95. The highest BCUT2D eigenvalue weighted by Crippen LogP contribution is 2.45. The molecular weight excluding hydrogens is 327 g/mol. The molecule has 0 fully saturated rings. The lowest BCUT2D eigenvalue weighted by molar-refractivity contribution is 0.484. The molecule has 3 nitrogen and oxygen atoms in total. The van der Waals surface area contributed by atoms with E-state index in [1.807, 2.05) is 26.0 Å². The first-order valence-corrected chi connectivity index (χ1v) is 8.23. The number of aromatic hydroxyl groups is 1. The first kappa shape index (κ1) is 14.9. The van der Waals surface area contributed by atoms with Gasteiger partial charge in [0.2, 0.25) is 0 Å². The van der Waals surface area contributed by atoms with E-state index in [9.17, 15) is 14.3 Å². The van der Waals surface area contributed by atoms with Crippen molar-refractivity contribution in [1.82, 2.24) is 0 Å². The molecule has 0 unspecified atom stereocenters. The van der Waals surface area contributed by atoms with Crippen LogP contribution in [0.3, 0.4) is 0 Å². The van der Waals surface area contributed by atoms with Gasteiger partial charge in [0.1, 0.15) is 11.6 Å². The molecule has 1 heterocycles. The molecule has 1 N–H and O–H groups in total. The van der Waals surface area contributed by atoms with Crippen molar-refractivity contribution < 1.29 is 13.9 Å². The summed E-state index contributed by atoms with van der Waals surface area (Å²) in [6.45, 7) is 3.93. The fourth-order valence-corrected chi connectivity index (χ4v) is 3.80. The van der Waals surface area contributed by atoms with Crippen LogP contribution in [0.25, 0.3) is 32.2 Å². The van der Waals surface area contributed by atoms with E-state index in [4.69, 9.17) is 4.42 Å². The molecule has 0 aliphatic carbocycles. The summed E-state index contributed by atoms with van der Waals surface area (Å²) in [5, 5.41) is 12.2. The van der Waals surface area contributed by atoms with Crippen LogP contribution in [0.4, 0.5) is 4.39 Å². The molecular formula is C19H13FO3S. The first-order valence-electron chi connectivity index (χ1n) is 7.41. The zero-order valence-electron chi connectivity index (χ0n) is 13.0. The molecule has 0 atom stereocenters. The molecule has 0 saturated heterocycles. The average Bonchev–Trinajstić information content (AvgIpc) is 2.92. The Bertz CT molecular complexity index is 1150. The van der Waals surface area contributed by atoms with Crippen LogP contribution in [0.2, 0.25) is 0 Å². The number of aryl methyl sites for hydroxylation is 2. The molecule has 0 saturated carbocycles. The summed E-state index contributed by atoms with van der Waals surface area (Å²) in [6, 6.07) is 9.62. The quantitative estimate of drug-likeness (QED) is 0.522. The maximum atomic E-state index is 13.2. The minimum absolute atomic E-state index is 0.0734. The smallest absolute Gasteiger partial charge is 0.396 e. The SMILES string of the molecule is Cc1cc2c(O)c(-c3ccc(F)cc3)c3sc(=O)oc3c2cc1C. The molecule has 4 aromatic rings. The van der Waals surface area contributed by atoms with Crippen LogP contribution in [0.1, 0.15) is 11.1 Å². The van der Waals surface area contributed by atoms with E-state index in [1.54, 1.807) is 12.1 Å². The predicted octanol–water partition coefficient (Wildman–Crippen LogP) is 5.14. The highest BCUT2D eigenvalue weighted by atomic mass is 32.1. The number of hydrogen-bond donors (Lipinski definition) is 1. The molecule has 0 amide bonds. The maximum Gasteiger partial charge on any atom is 0.396 e. The van der Waals surface area contributed by atoms with Crippen LogP contribution in [0, 0.1) is 19.7 Å². The molecule has 0 bridgehead atoms. The number of phenols is 1. The second-order valence-electron chi connectivity index (χ2n) is 5.82. The summed E-state index contributed by atoms with van der Waals surface area (Å²) in [5.41, 5.74) is 3.67. The van der Waals surface area contributed by atoms with Gasteiger partial charge >= 0.3 is 4.94 Å². The Labute approximate surface area is 140 Å². The molecule has 24 heavy (non-hydrogen) atoms. The van der Waals surface area contributed by atoms with Crippen molar-refractivity contribution in [3.05, 3.63) is 63.1 Å². The van der Waals surface area contributed by atoms with Gasteiger partial charge in [0, 0.05) is 16.3 Å². The lowest BCUT2D eigenvalue weighted by Crippen LogP contribution is -1.87. The van der Waals surface area contributed by atoms with E-state index < -0.39 is 4.94 Å². The van der Waals surface area contributed by atoms with Crippen LogP contribution in [0.15, 0.2) is 45.6 Å². The van der Waals surface area contributed by atoms with Crippen LogP contribution in [-0.4, -0.2) is 5.11 Å². The molecule has 1 aromatic heterocycles. The zero-order valence-corrected chi connectivity index (χ0v) is 13.8. The first-order chi connectivity index (χ1) is 11.5. The van der Waals surface area contributed by atoms with Gasteiger partial charge in [-0.1, -0.05) is 23.5 Å². The van der Waals surface area contributed by atoms with Crippen LogP contribution in [0.5, 0.6) is 5.75 Å². The summed E-state index contributed by atoms with van der Waals surface area (Å²) in [6.07, 6.45) is 0. The van der Waals surface area contributed by atoms with E-state index >= 15 is 0 Å². The minimum atomic E-state index is -0.432. The van der Waals surface area contributed by atoms with Crippen molar-refractivity contribution >= 4 is 32.4 Å². The molecule has 0 radical (unpaired) electrons. The van der Waals surface area contributed by atoms with Gasteiger partial charge in [0.15, 0.2) is 5.58 Å². The van der Waals surface area contributed by atoms with Gasteiger partial charge < -0.3 is 9.52 Å². The Balaban J connectivity index is 2.23. The number of rotatable bonds is 1. The van der Waals surface area contributed by atoms with E-state index in [-0.39, 0.29) is 11.6 Å². The summed E-state index contributed by atoms with van der Waals surface area (Å²) >= 11 is 0.941. The van der Waals surface area contributed by atoms with E-state index in [2.05, 4.69) is 0 Å². The minimum Gasteiger partial charge on any atom is -0.507 e. The maximum absolute atomic E-state index is 13.2. The van der Waals surface area contributed by atoms with Crippen molar-refractivity contribution in [2.75, 3.05) is 0 Å². The third-order valence-corrected chi connectivity index (χ3v) is 5.15. The zero-order chi connectivity index (χ0) is 17.0. The average molecular weight is 340 g/mol. The van der Waals surface area contributed by atoms with Crippen molar-refractivity contribution in [3.63, 3.8) is 0 Å². The van der Waals surface area contributed by atoms with Gasteiger partial charge in [-0.15, -0.1) is 0 Å². The fraction of sp³-hybridized carbons (Fsp3) is 0.105. The van der Waals surface area contributed by atoms with Gasteiger partial charge in [0.25, 0.3) is 0 Å². The Morgan fingerprint density at radius 3 is 2.33 bits per heavy atom. The Morgan fingerprint density at radius 1 is 1.04 bits per heavy atom. The number of halogens is 1. The van der Waals surface area contributed by atoms with Crippen LogP contribution >= 0.6 is 11.3 Å². The number of fused-ring (bicyclic) bond motifs is 3. The van der Waals surface area contributed by atoms with Crippen LogP contribution < -0.4 is 4.94 Å². The number of phenolic OH excluding ortho intramolecular Hbond substituents is 1. The van der Waals surface area contributed by atoms with Gasteiger partial charge in [-0.05, 0) is 54.8 Å². The van der Waals surface area contributed by atoms with Crippen molar-refractivity contribution in [2.24, 2.45) is 0 Å². The Hall–Kier alpha value is -2.66. The number of benzene rings is 3. The van der Waals surface area contributed by atoms with Crippen molar-refractivity contribution in [1.29, 1.82) is 0 Å². The Morgan fingerprint density at radius 2 is 1.67 bits per heavy atom. The van der Waals surface area contributed by atoms with Crippen molar-refractivity contribution in [3.8, 4) is 16.9 Å². The molecule has 0 aliphatic heterocycles. The molecule has 120 valence electrons. The van der Waals surface area contributed by atoms with Crippen LogP contribution in [-0.2, 0) is 0 Å². The topological polar surface area (TPSA) is 50.4 Å². The van der Waals surface area contributed by atoms with E-state index in [0.717, 1.165) is 22.5 Å². The highest BCUT2D eigenvalue weighted by Gasteiger charge is 2.20. The molecule has 0 aliphatic rings. The molecule has 4 rings (SSSR count). The summed E-state index contributed by atoms with van der Waals surface area (Å²) in [5.74, 6) is -0.286. The normalized spacial score (nSPS) is 11.5. The lowest BCUT2D eigenvalue weighted by atomic mass is 9.96. The van der Waals surface area contributed by atoms with E-state index in [0.29, 0.717) is 32.2 Å². The third kappa shape index (κ3) is 2.12. The van der Waals surface area contributed by atoms with Gasteiger partial charge in [-0.2, -0.15) is 0 Å². The number of hydrogen-bond acceptors (Lipinski definition) is 4. The van der Waals surface area contributed by atoms with Crippen molar-refractivity contribution in [2.45, 2.75) is 13.8 Å². The second-order valence-corrected chi connectivity index (χ2v) is 6.77. The standard InChI is InChI=1S/C19H13FO3S/c1-9-7-13-14(8-10(9)2)17-18(24-19(22)23-17)15(16(13)21)11-3-5-12(20)6-4-11/h3-8,21H,1-2H3. The molecule has 0 spiro atoms. The molecule has 5 heteroatoms. The van der Waals surface area contributed by atoms with E-state index in [1.165, 1.54) is 12.1 Å². The highest BCUT2D eigenvalue weighted by molar-refractivity contribution is 7.17. The Kier molecular flexibility index (Phi) is 3.21. The lowest BCUT2D eigenvalue weighted by Gasteiger charge is -2.12. The largest absolute Gasteiger partial charge is 0.507 e. The predicted molar refractivity (Wildman–Crippen MR) is 94.4 cm³/mol. The van der Waals surface area contributed by atoms with Gasteiger partial charge in [-0.25, -0.2) is 9.18 Å². The summed E-state index contributed by atoms with van der Waals surface area (Å²) in [4.78, 5) is 11.4. The van der Waals surface area contributed by atoms with Gasteiger partial charge in [-0.3, -0.25) is 0 Å². The second kappa shape index (κ2) is 5.18. The third-order valence-electron chi connectivity index (χ3n) is 4.31. The monoisotopic (exact) mass is 340 g/mol. The van der Waals surface area contributed by atoms with Gasteiger partial charge in [0.05, 0.1) is 4.70 Å². The molecule has 3 aromatic carbocycles.